The van der Waals surface area contributed by atoms with Gasteiger partial charge in [0.15, 0.2) is 0 Å². The number of hydrogen-bond acceptors (Lipinski definition) is 3. The Bertz CT molecular complexity index is 583. The molecule has 0 aliphatic rings. The monoisotopic (exact) mass is 271 g/mol. The molecule has 2 rings (SSSR count). The lowest BCUT2D eigenvalue weighted by molar-refractivity contribution is 0.0693. The zero-order chi connectivity index (χ0) is 14.5. The molecule has 0 spiro atoms. The predicted octanol–water partition coefficient (Wildman–Crippen LogP) is 1.99. The molecule has 2 atom stereocenters. The van der Waals surface area contributed by atoms with Crippen molar-refractivity contribution in [3.63, 3.8) is 0 Å². The minimum absolute atomic E-state index is 0.132. The second-order valence-electron chi connectivity index (χ2n) is 4.68. The van der Waals surface area contributed by atoms with Gasteiger partial charge < -0.3 is 15.9 Å². The molecule has 2 aromatic rings. The number of carboxylic acids is 1. The van der Waals surface area contributed by atoms with Crippen LogP contribution in [0.5, 0.6) is 0 Å². The van der Waals surface area contributed by atoms with Crippen LogP contribution in [-0.2, 0) is 6.42 Å². The molecule has 2 aromatic carbocycles. The number of carbonyl (C=O) groups is 1. The van der Waals surface area contributed by atoms with Crippen LogP contribution < -0.4 is 5.73 Å². The molecular formula is C16H17NO3. The van der Waals surface area contributed by atoms with Crippen LogP contribution in [0.25, 0.3) is 0 Å². The number of nitrogens with two attached hydrogens (primary N) is 1. The van der Waals surface area contributed by atoms with Crippen LogP contribution in [0.4, 0.5) is 0 Å². The van der Waals surface area contributed by atoms with Crippen molar-refractivity contribution >= 4 is 5.97 Å². The van der Waals surface area contributed by atoms with Gasteiger partial charge >= 0.3 is 5.97 Å². The second kappa shape index (κ2) is 6.32. The minimum Gasteiger partial charge on any atom is -0.478 e. The van der Waals surface area contributed by atoms with E-state index in [1.165, 1.54) is 6.07 Å². The van der Waals surface area contributed by atoms with Gasteiger partial charge in [-0.1, -0.05) is 48.5 Å². The molecule has 0 aromatic heterocycles. The van der Waals surface area contributed by atoms with Crippen LogP contribution in [0.3, 0.4) is 0 Å². The Labute approximate surface area is 117 Å². The summed E-state index contributed by atoms with van der Waals surface area (Å²) >= 11 is 0. The standard InChI is InChI=1S/C16H17NO3/c17-15(12-8-4-5-9-13(12)16(19)20)14(18)10-11-6-2-1-3-7-11/h1-9,14-15,18H,10,17H2,(H,19,20)/t14-,15+/m1/s1. The van der Waals surface area contributed by atoms with E-state index in [1.54, 1.807) is 18.2 Å². The average Bonchev–Trinajstić information content (AvgIpc) is 2.47. The normalized spacial score (nSPS) is 13.7. The van der Waals surface area contributed by atoms with Crippen molar-refractivity contribution in [1.82, 2.24) is 0 Å². The summed E-state index contributed by atoms with van der Waals surface area (Å²) in [5, 5.41) is 19.4. The van der Waals surface area contributed by atoms with Crippen molar-refractivity contribution < 1.29 is 15.0 Å². The van der Waals surface area contributed by atoms with Crippen LogP contribution in [0.1, 0.15) is 27.5 Å². The topological polar surface area (TPSA) is 83.6 Å². The molecule has 4 nitrogen and oxygen atoms in total. The summed E-state index contributed by atoms with van der Waals surface area (Å²) in [5.41, 5.74) is 7.55. The number of carboxylic acid groups (broad SMARTS) is 1. The fourth-order valence-electron chi connectivity index (χ4n) is 2.17. The molecule has 0 amide bonds. The van der Waals surface area contributed by atoms with Crippen molar-refractivity contribution in [2.45, 2.75) is 18.6 Å². The maximum Gasteiger partial charge on any atom is 0.336 e. The van der Waals surface area contributed by atoms with Crippen LogP contribution in [-0.4, -0.2) is 22.3 Å². The van der Waals surface area contributed by atoms with E-state index in [0.29, 0.717) is 12.0 Å². The highest BCUT2D eigenvalue weighted by atomic mass is 16.4. The van der Waals surface area contributed by atoms with Gasteiger partial charge in [0.25, 0.3) is 0 Å². The Morgan fingerprint density at radius 1 is 1.05 bits per heavy atom. The van der Waals surface area contributed by atoms with Crippen molar-refractivity contribution in [3.05, 3.63) is 71.3 Å². The molecule has 0 unspecified atom stereocenters. The lowest BCUT2D eigenvalue weighted by Gasteiger charge is -2.20. The molecule has 0 bridgehead atoms. The number of rotatable bonds is 5. The summed E-state index contributed by atoms with van der Waals surface area (Å²) in [6, 6.07) is 15.2. The zero-order valence-corrected chi connectivity index (χ0v) is 10.9. The molecular weight excluding hydrogens is 254 g/mol. The third-order valence-electron chi connectivity index (χ3n) is 3.25. The van der Waals surface area contributed by atoms with Crippen molar-refractivity contribution in [2.24, 2.45) is 5.73 Å². The highest BCUT2D eigenvalue weighted by Crippen LogP contribution is 2.21. The third kappa shape index (κ3) is 3.23. The first-order valence-corrected chi connectivity index (χ1v) is 6.39. The van der Waals surface area contributed by atoms with Crippen molar-refractivity contribution in [3.8, 4) is 0 Å². The average molecular weight is 271 g/mol. The van der Waals surface area contributed by atoms with Crippen LogP contribution >= 0.6 is 0 Å². The Morgan fingerprint density at radius 3 is 2.30 bits per heavy atom. The summed E-state index contributed by atoms with van der Waals surface area (Å²) in [7, 11) is 0. The van der Waals surface area contributed by atoms with Gasteiger partial charge in [-0.15, -0.1) is 0 Å². The number of aliphatic hydroxyl groups excluding tert-OH is 1. The Hall–Kier alpha value is -2.17. The number of hydrogen-bond donors (Lipinski definition) is 3. The first kappa shape index (κ1) is 14.2. The Kier molecular flexibility index (Phi) is 4.50. The molecule has 0 aliphatic heterocycles. The van der Waals surface area contributed by atoms with E-state index in [4.69, 9.17) is 10.8 Å². The largest absolute Gasteiger partial charge is 0.478 e. The van der Waals surface area contributed by atoms with Crippen LogP contribution in [0, 0.1) is 0 Å². The minimum atomic E-state index is -1.04. The molecule has 4 N–H and O–H groups in total. The maximum absolute atomic E-state index is 11.2. The fourth-order valence-corrected chi connectivity index (χ4v) is 2.17. The van der Waals surface area contributed by atoms with E-state index < -0.39 is 18.1 Å². The van der Waals surface area contributed by atoms with Gasteiger partial charge in [0.05, 0.1) is 17.7 Å². The van der Waals surface area contributed by atoms with Gasteiger partial charge in [0, 0.05) is 6.42 Å². The first-order chi connectivity index (χ1) is 9.59. The summed E-state index contributed by atoms with van der Waals surface area (Å²) in [6.07, 6.45) is -0.450. The molecule has 0 heterocycles. The Balaban J connectivity index is 2.19. The van der Waals surface area contributed by atoms with Gasteiger partial charge in [-0.2, -0.15) is 0 Å². The summed E-state index contributed by atoms with van der Waals surface area (Å²) in [6.45, 7) is 0. The zero-order valence-electron chi connectivity index (χ0n) is 10.9. The predicted molar refractivity (Wildman–Crippen MR) is 76.5 cm³/mol. The lowest BCUT2D eigenvalue weighted by atomic mass is 9.93. The number of aliphatic hydroxyl groups is 1. The van der Waals surface area contributed by atoms with E-state index in [0.717, 1.165) is 5.56 Å². The van der Waals surface area contributed by atoms with Gasteiger partial charge in [-0.05, 0) is 17.2 Å². The molecule has 0 radical (unpaired) electrons. The highest BCUT2D eigenvalue weighted by molar-refractivity contribution is 5.89. The van der Waals surface area contributed by atoms with E-state index in [9.17, 15) is 9.90 Å². The van der Waals surface area contributed by atoms with Crippen LogP contribution in [0.15, 0.2) is 54.6 Å². The molecule has 0 saturated carbocycles. The lowest BCUT2D eigenvalue weighted by Crippen LogP contribution is -2.29. The molecule has 0 saturated heterocycles. The Morgan fingerprint density at radius 2 is 1.65 bits per heavy atom. The smallest absolute Gasteiger partial charge is 0.336 e. The summed E-state index contributed by atoms with van der Waals surface area (Å²) in [4.78, 5) is 11.2. The molecule has 0 fully saturated rings. The molecule has 20 heavy (non-hydrogen) atoms. The molecule has 104 valence electrons. The maximum atomic E-state index is 11.2. The van der Waals surface area contributed by atoms with Crippen LogP contribution in [0.2, 0.25) is 0 Å². The van der Waals surface area contributed by atoms with Gasteiger partial charge in [-0.25, -0.2) is 4.79 Å². The van der Waals surface area contributed by atoms with E-state index in [2.05, 4.69) is 0 Å². The van der Waals surface area contributed by atoms with Gasteiger partial charge in [0.2, 0.25) is 0 Å². The van der Waals surface area contributed by atoms with Gasteiger partial charge in [0.1, 0.15) is 0 Å². The second-order valence-corrected chi connectivity index (χ2v) is 4.68. The summed E-state index contributed by atoms with van der Waals surface area (Å²) in [5.74, 6) is -1.04. The quantitative estimate of drug-likeness (QED) is 0.776. The highest BCUT2D eigenvalue weighted by Gasteiger charge is 2.22. The van der Waals surface area contributed by atoms with Crippen molar-refractivity contribution in [1.29, 1.82) is 0 Å². The number of benzene rings is 2. The van der Waals surface area contributed by atoms with E-state index in [-0.39, 0.29) is 5.56 Å². The van der Waals surface area contributed by atoms with Gasteiger partial charge in [-0.3, -0.25) is 0 Å². The third-order valence-corrected chi connectivity index (χ3v) is 3.25. The van der Waals surface area contributed by atoms with E-state index >= 15 is 0 Å². The molecule has 4 heteroatoms. The van der Waals surface area contributed by atoms with E-state index in [1.807, 2.05) is 30.3 Å². The fraction of sp³-hybridized carbons (Fsp3) is 0.188. The molecule has 0 aliphatic carbocycles. The first-order valence-electron chi connectivity index (χ1n) is 6.39. The van der Waals surface area contributed by atoms with Crippen molar-refractivity contribution in [2.75, 3.05) is 0 Å². The SMILES string of the molecule is N[C@@H](c1ccccc1C(=O)O)[C@H](O)Cc1ccccc1. The summed E-state index contributed by atoms with van der Waals surface area (Å²) < 4.78 is 0. The number of aromatic carboxylic acids is 1.